The normalized spacial score (nSPS) is 12.3. The molecule has 0 aliphatic heterocycles. The van der Waals surface area contributed by atoms with Crippen LogP contribution in [0.4, 0.5) is 0 Å². The van der Waals surface area contributed by atoms with Crippen LogP contribution < -0.4 is 0 Å². The van der Waals surface area contributed by atoms with E-state index in [2.05, 4.69) is 4.90 Å². The average Bonchev–Trinajstić information content (AvgIpc) is 2.21. The van der Waals surface area contributed by atoms with E-state index in [1.165, 1.54) is 4.31 Å². The molecule has 0 amide bonds. The van der Waals surface area contributed by atoms with Crippen molar-refractivity contribution in [2.24, 2.45) is 0 Å². The van der Waals surface area contributed by atoms with Crippen molar-refractivity contribution >= 4 is 16.0 Å². The van der Waals surface area contributed by atoms with Gasteiger partial charge in [-0.3, -0.25) is 4.79 Å². The number of nitrogens with zero attached hydrogens (tertiary/aromatic N) is 2. The Kier molecular flexibility index (Phi) is 7.33. The molecule has 0 bridgehead atoms. The van der Waals surface area contributed by atoms with Crippen molar-refractivity contribution in [3.05, 3.63) is 0 Å². The minimum absolute atomic E-state index is 0.0371. The number of aliphatic carboxylic acids is 1. The van der Waals surface area contributed by atoms with E-state index >= 15 is 0 Å². The van der Waals surface area contributed by atoms with Gasteiger partial charge in [0.1, 0.15) is 0 Å². The number of carbonyl (C=O) groups is 1. The molecule has 0 spiro atoms. The lowest BCUT2D eigenvalue weighted by molar-refractivity contribution is -0.137. The van der Waals surface area contributed by atoms with Crippen LogP contribution in [0.2, 0.25) is 0 Å². The summed E-state index contributed by atoms with van der Waals surface area (Å²) in [5.41, 5.74) is 0. The van der Waals surface area contributed by atoms with Gasteiger partial charge in [0, 0.05) is 19.6 Å². The van der Waals surface area contributed by atoms with Gasteiger partial charge in [-0.25, -0.2) is 12.7 Å². The molecular weight excluding hydrogens is 244 g/mol. The molecule has 102 valence electrons. The smallest absolute Gasteiger partial charge is 0.304 e. The van der Waals surface area contributed by atoms with Gasteiger partial charge in [0.25, 0.3) is 0 Å². The second kappa shape index (κ2) is 7.62. The summed E-state index contributed by atoms with van der Waals surface area (Å²) in [6.45, 7) is 6.72. The lowest BCUT2D eigenvalue weighted by atomic mass is 10.4. The number of carboxylic acid groups (broad SMARTS) is 1. The second-order valence-corrected chi connectivity index (χ2v) is 5.82. The Balaban J connectivity index is 4.35. The van der Waals surface area contributed by atoms with E-state index in [0.29, 0.717) is 13.1 Å². The molecule has 17 heavy (non-hydrogen) atoms. The maximum atomic E-state index is 11.4. The zero-order chi connectivity index (χ0) is 13.5. The number of carboxylic acids is 1. The first-order valence-corrected chi connectivity index (χ1v) is 7.55. The van der Waals surface area contributed by atoms with Crippen LogP contribution in [0.3, 0.4) is 0 Å². The van der Waals surface area contributed by atoms with Gasteiger partial charge in [-0.15, -0.1) is 0 Å². The highest BCUT2D eigenvalue weighted by atomic mass is 32.2. The number of hydrogen-bond donors (Lipinski definition) is 1. The van der Waals surface area contributed by atoms with Crippen LogP contribution in [0, 0.1) is 0 Å². The fourth-order valence-electron chi connectivity index (χ4n) is 1.46. The SMILES string of the molecule is CCN(CC)CCN(CCC(=O)O)S(C)(=O)=O. The predicted octanol–water partition coefficient (Wildman–Crippen LogP) is 0.0645. The van der Waals surface area contributed by atoms with Gasteiger partial charge in [0.15, 0.2) is 0 Å². The summed E-state index contributed by atoms with van der Waals surface area (Å²) in [6.07, 6.45) is 0.947. The number of hydrogen-bond acceptors (Lipinski definition) is 4. The average molecular weight is 266 g/mol. The fraction of sp³-hybridized carbons (Fsp3) is 0.900. The molecule has 0 saturated heterocycles. The van der Waals surface area contributed by atoms with Crippen molar-refractivity contribution in [3.63, 3.8) is 0 Å². The Hall–Kier alpha value is -0.660. The third kappa shape index (κ3) is 7.30. The van der Waals surface area contributed by atoms with Crippen LogP contribution in [0.5, 0.6) is 0 Å². The van der Waals surface area contributed by atoms with E-state index in [1.54, 1.807) is 0 Å². The van der Waals surface area contributed by atoms with Crippen LogP contribution in [0.25, 0.3) is 0 Å². The molecule has 0 fully saturated rings. The minimum atomic E-state index is -3.33. The van der Waals surface area contributed by atoms with Gasteiger partial charge in [0.05, 0.1) is 12.7 Å². The maximum absolute atomic E-state index is 11.4. The Morgan fingerprint density at radius 1 is 1.12 bits per heavy atom. The van der Waals surface area contributed by atoms with Crippen LogP contribution in [-0.4, -0.2) is 67.7 Å². The number of rotatable bonds is 9. The van der Waals surface area contributed by atoms with Gasteiger partial charge in [-0.05, 0) is 13.1 Å². The van der Waals surface area contributed by atoms with Crippen molar-refractivity contribution in [2.45, 2.75) is 20.3 Å². The first-order valence-electron chi connectivity index (χ1n) is 5.70. The molecule has 0 rings (SSSR count). The molecule has 0 aromatic rings. The molecular formula is C10H22N2O4S. The molecule has 0 atom stereocenters. The third-order valence-electron chi connectivity index (χ3n) is 2.60. The molecule has 0 aromatic carbocycles. The first-order chi connectivity index (χ1) is 7.81. The van der Waals surface area contributed by atoms with E-state index in [0.717, 1.165) is 19.3 Å². The number of sulfonamides is 1. The van der Waals surface area contributed by atoms with Crippen molar-refractivity contribution in [2.75, 3.05) is 39.0 Å². The van der Waals surface area contributed by atoms with E-state index in [-0.39, 0.29) is 13.0 Å². The summed E-state index contributed by atoms with van der Waals surface area (Å²) in [5.74, 6) is -0.985. The zero-order valence-electron chi connectivity index (χ0n) is 10.7. The molecule has 1 N–H and O–H groups in total. The largest absolute Gasteiger partial charge is 0.481 e. The topological polar surface area (TPSA) is 77.9 Å². The summed E-state index contributed by atoms with van der Waals surface area (Å²) in [4.78, 5) is 12.5. The molecule has 0 radical (unpaired) electrons. The van der Waals surface area contributed by atoms with Crippen molar-refractivity contribution in [3.8, 4) is 0 Å². The lowest BCUT2D eigenvalue weighted by Crippen LogP contribution is -2.39. The highest BCUT2D eigenvalue weighted by molar-refractivity contribution is 7.88. The van der Waals surface area contributed by atoms with Gasteiger partial charge in [-0.1, -0.05) is 13.8 Å². The molecule has 0 unspecified atom stereocenters. The maximum Gasteiger partial charge on any atom is 0.304 e. The van der Waals surface area contributed by atoms with Crippen LogP contribution >= 0.6 is 0 Å². The zero-order valence-corrected chi connectivity index (χ0v) is 11.5. The van der Waals surface area contributed by atoms with E-state index in [4.69, 9.17) is 5.11 Å². The predicted molar refractivity (Wildman–Crippen MR) is 66.5 cm³/mol. The molecule has 0 aliphatic rings. The molecule has 0 aliphatic carbocycles. The number of likely N-dealkylation sites (N-methyl/N-ethyl adjacent to an activating group) is 1. The van der Waals surface area contributed by atoms with Gasteiger partial charge >= 0.3 is 5.97 Å². The molecule has 0 aromatic heterocycles. The standard InChI is InChI=1S/C10H22N2O4S/c1-4-11(5-2)8-9-12(17(3,15)16)7-6-10(13)14/h4-9H2,1-3H3,(H,13,14). The van der Waals surface area contributed by atoms with Crippen LogP contribution in [0.15, 0.2) is 0 Å². The quantitative estimate of drug-likeness (QED) is 0.639. The monoisotopic (exact) mass is 266 g/mol. The Bertz CT molecular complexity index is 325. The van der Waals surface area contributed by atoms with Crippen LogP contribution in [-0.2, 0) is 14.8 Å². The third-order valence-corrected chi connectivity index (χ3v) is 3.91. The van der Waals surface area contributed by atoms with Crippen molar-refractivity contribution in [1.82, 2.24) is 9.21 Å². The van der Waals surface area contributed by atoms with Gasteiger partial charge < -0.3 is 10.0 Å². The molecule has 0 heterocycles. The highest BCUT2D eigenvalue weighted by Crippen LogP contribution is 2.01. The van der Waals surface area contributed by atoms with E-state index in [1.807, 2.05) is 13.8 Å². The van der Waals surface area contributed by atoms with Gasteiger partial charge in [-0.2, -0.15) is 0 Å². The Morgan fingerprint density at radius 2 is 1.65 bits per heavy atom. The van der Waals surface area contributed by atoms with Crippen molar-refractivity contribution in [1.29, 1.82) is 0 Å². The minimum Gasteiger partial charge on any atom is -0.481 e. The summed E-state index contributed by atoms with van der Waals surface area (Å²) >= 11 is 0. The van der Waals surface area contributed by atoms with Gasteiger partial charge in [0.2, 0.25) is 10.0 Å². The lowest BCUT2D eigenvalue weighted by Gasteiger charge is -2.24. The van der Waals surface area contributed by atoms with Crippen molar-refractivity contribution < 1.29 is 18.3 Å². The van der Waals surface area contributed by atoms with Crippen LogP contribution in [0.1, 0.15) is 20.3 Å². The Labute approximate surface area is 103 Å². The highest BCUT2D eigenvalue weighted by Gasteiger charge is 2.18. The molecule has 6 nitrogen and oxygen atoms in total. The molecule has 7 heteroatoms. The van der Waals surface area contributed by atoms with E-state index < -0.39 is 16.0 Å². The second-order valence-electron chi connectivity index (χ2n) is 3.83. The van der Waals surface area contributed by atoms with E-state index in [9.17, 15) is 13.2 Å². The summed E-state index contributed by atoms with van der Waals surface area (Å²) in [6, 6.07) is 0. The summed E-state index contributed by atoms with van der Waals surface area (Å²) in [5, 5.41) is 8.57. The summed E-state index contributed by atoms with van der Waals surface area (Å²) < 4.78 is 24.1. The summed E-state index contributed by atoms with van der Waals surface area (Å²) in [7, 11) is -3.33. The Morgan fingerprint density at radius 3 is 2.00 bits per heavy atom. The first kappa shape index (κ1) is 16.3. The molecule has 0 saturated carbocycles. The fourth-order valence-corrected chi connectivity index (χ4v) is 2.29.